The smallest absolute Gasteiger partial charge is 0.259 e. The molecule has 2 N–H and O–H groups in total. The van der Waals surface area contributed by atoms with Crippen LogP contribution in [0.25, 0.3) is 0 Å². The fourth-order valence-corrected chi connectivity index (χ4v) is 2.38. The van der Waals surface area contributed by atoms with Crippen molar-refractivity contribution >= 4 is 11.9 Å². The van der Waals surface area contributed by atoms with Gasteiger partial charge in [0.1, 0.15) is 5.75 Å². The second-order valence-electron chi connectivity index (χ2n) is 6.73. The summed E-state index contributed by atoms with van der Waals surface area (Å²) in [6.45, 7) is 4.16. The molecule has 0 radical (unpaired) electrons. The molecule has 0 saturated heterocycles. The molecule has 1 amide bonds. The summed E-state index contributed by atoms with van der Waals surface area (Å²) in [7, 11) is 9.00. The Hall–Kier alpha value is -2.32. The summed E-state index contributed by atoms with van der Waals surface area (Å²) in [5.41, 5.74) is 1.05. The van der Waals surface area contributed by atoms with E-state index in [-0.39, 0.29) is 12.5 Å². The fraction of sp³-hybridized carbons (Fsp3) is 0.600. The van der Waals surface area contributed by atoms with Gasteiger partial charge in [-0.2, -0.15) is 0 Å². The normalized spacial score (nSPS) is 11.4. The molecule has 1 rings (SSSR count). The number of nitrogens with one attached hydrogen (secondary N) is 2. The van der Waals surface area contributed by atoms with Crippen molar-refractivity contribution in [1.82, 2.24) is 20.4 Å². The van der Waals surface area contributed by atoms with E-state index in [9.17, 15) is 4.79 Å². The summed E-state index contributed by atoms with van der Waals surface area (Å²) in [6.07, 6.45) is 1.03. The van der Waals surface area contributed by atoms with Gasteiger partial charge in [-0.1, -0.05) is 12.1 Å². The Balaban J connectivity index is 2.36. The molecule has 1 aromatic carbocycles. The highest BCUT2D eigenvalue weighted by molar-refractivity contribution is 5.79. The molecule has 0 fully saturated rings. The van der Waals surface area contributed by atoms with E-state index in [1.54, 1.807) is 28.3 Å². The first-order valence-corrected chi connectivity index (χ1v) is 9.50. The molecule has 0 spiro atoms. The minimum absolute atomic E-state index is 0.0327. The third-order valence-corrected chi connectivity index (χ3v) is 4.12. The van der Waals surface area contributed by atoms with Gasteiger partial charge in [0.25, 0.3) is 5.91 Å². The topological polar surface area (TPSA) is 78.4 Å². The first kappa shape index (κ1) is 23.7. The van der Waals surface area contributed by atoms with E-state index in [1.807, 2.05) is 24.3 Å². The van der Waals surface area contributed by atoms with Gasteiger partial charge in [0, 0.05) is 61.0 Å². The van der Waals surface area contributed by atoms with E-state index in [0.29, 0.717) is 12.3 Å². The number of aliphatic imine (C=N–C) groups is 1. The number of likely N-dealkylation sites (N-methyl/N-ethyl adjacent to an activating group) is 2. The molecule has 0 unspecified atom stereocenters. The molecule has 0 aliphatic carbocycles. The van der Waals surface area contributed by atoms with Crippen LogP contribution in [0.15, 0.2) is 29.3 Å². The first-order chi connectivity index (χ1) is 13.5. The van der Waals surface area contributed by atoms with Crippen molar-refractivity contribution in [3.8, 4) is 5.75 Å². The average Bonchev–Trinajstić information content (AvgIpc) is 2.69. The van der Waals surface area contributed by atoms with Gasteiger partial charge in [-0.05, 0) is 31.2 Å². The zero-order valence-corrected chi connectivity index (χ0v) is 17.8. The quantitative estimate of drug-likeness (QED) is 0.311. The van der Waals surface area contributed by atoms with E-state index in [4.69, 9.17) is 9.47 Å². The number of hydrogen-bond acceptors (Lipinski definition) is 5. The van der Waals surface area contributed by atoms with Gasteiger partial charge >= 0.3 is 0 Å². The van der Waals surface area contributed by atoms with E-state index in [0.717, 1.165) is 44.2 Å². The molecule has 8 heteroatoms. The summed E-state index contributed by atoms with van der Waals surface area (Å²) in [5.74, 6) is 1.36. The van der Waals surface area contributed by atoms with Crippen molar-refractivity contribution in [2.45, 2.75) is 13.0 Å². The molecule has 0 aliphatic rings. The van der Waals surface area contributed by atoms with Crippen molar-refractivity contribution in [2.24, 2.45) is 4.99 Å². The summed E-state index contributed by atoms with van der Waals surface area (Å²) in [5, 5.41) is 6.60. The maximum absolute atomic E-state index is 11.6. The maximum atomic E-state index is 11.6. The highest BCUT2D eigenvalue weighted by atomic mass is 16.5. The van der Waals surface area contributed by atoms with Crippen LogP contribution >= 0.6 is 0 Å². The maximum Gasteiger partial charge on any atom is 0.259 e. The van der Waals surface area contributed by atoms with Crippen LogP contribution in [0.5, 0.6) is 5.75 Å². The molecule has 0 atom stereocenters. The first-order valence-electron chi connectivity index (χ1n) is 9.50. The van der Waals surface area contributed by atoms with Crippen molar-refractivity contribution in [3.05, 3.63) is 29.8 Å². The third kappa shape index (κ3) is 10.1. The number of benzene rings is 1. The van der Waals surface area contributed by atoms with Crippen molar-refractivity contribution in [1.29, 1.82) is 0 Å². The van der Waals surface area contributed by atoms with Crippen LogP contribution in [0.3, 0.4) is 0 Å². The number of methoxy groups -OCH3 is 1. The number of ether oxygens (including phenoxy) is 2. The lowest BCUT2D eigenvalue weighted by Gasteiger charge is -2.18. The molecular formula is C20H35N5O3. The molecule has 0 bridgehead atoms. The Kier molecular flexibility index (Phi) is 11.7. The zero-order chi connectivity index (χ0) is 20.8. The van der Waals surface area contributed by atoms with E-state index >= 15 is 0 Å². The minimum atomic E-state index is -0.0691. The molecule has 8 nitrogen and oxygen atoms in total. The second kappa shape index (κ2) is 13.8. The van der Waals surface area contributed by atoms with Crippen LogP contribution in [0, 0.1) is 0 Å². The number of carbonyl (C=O) groups is 1. The lowest BCUT2D eigenvalue weighted by molar-refractivity contribution is -0.130. The second-order valence-corrected chi connectivity index (χ2v) is 6.73. The molecule has 1 aromatic rings. The Morgan fingerprint density at radius 2 is 1.96 bits per heavy atom. The summed E-state index contributed by atoms with van der Waals surface area (Å²) < 4.78 is 10.6. The van der Waals surface area contributed by atoms with E-state index in [1.165, 1.54) is 4.90 Å². The minimum Gasteiger partial charge on any atom is -0.484 e. The summed E-state index contributed by atoms with van der Waals surface area (Å²) in [6, 6.07) is 7.69. The number of carbonyl (C=O) groups excluding carboxylic acids is 1. The molecular weight excluding hydrogens is 358 g/mol. The predicted octanol–water partition coefficient (Wildman–Crippen LogP) is 0.787. The van der Waals surface area contributed by atoms with Crippen LogP contribution in [0.2, 0.25) is 0 Å². The number of hydrogen-bond donors (Lipinski definition) is 2. The molecule has 0 aliphatic heterocycles. The molecule has 158 valence electrons. The number of nitrogens with zero attached hydrogens (tertiary/aromatic N) is 3. The van der Waals surface area contributed by atoms with Gasteiger partial charge in [-0.3, -0.25) is 9.79 Å². The Bertz CT molecular complexity index is 607. The SMILES string of the molecule is CN=C(NCCN(C)CCCOC)NCc1cccc(OCC(=O)N(C)C)c1. The van der Waals surface area contributed by atoms with Gasteiger partial charge in [0.05, 0.1) is 0 Å². The Morgan fingerprint density at radius 3 is 2.64 bits per heavy atom. The lowest BCUT2D eigenvalue weighted by Crippen LogP contribution is -2.40. The van der Waals surface area contributed by atoms with Crippen molar-refractivity contribution < 1.29 is 14.3 Å². The van der Waals surface area contributed by atoms with Gasteiger partial charge in [-0.15, -0.1) is 0 Å². The van der Waals surface area contributed by atoms with Crippen LogP contribution < -0.4 is 15.4 Å². The van der Waals surface area contributed by atoms with Crippen LogP contribution in [0.4, 0.5) is 0 Å². The molecule has 0 aromatic heterocycles. The van der Waals surface area contributed by atoms with Gasteiger partial charge < -0.3 is 29.9 Å². The Morgan fingerprint density at radius 1 is 1.18 bits per heavy atom. The fourth-order valence-electron chi connectivity index (χ4n) is 2.38. The zero-order valence-electron chi connectivity index (χ0n) is 17.8. The predicted molar refractivity (Wildman–Crippen MR) is 113 cm³/mol. The molecule has 0 saturated carbocycles. The average molecular weight is 394 g/mol. The van der Waals surface area contributed by atoms with Gasteiger partial charge in [0.15, 0.2) is 12.6 Å². The van der Waals surface area contributed by atoms with Crippen molar-refractivity contribution in [2.75, 3.05) is 68.1 Å². The number of rotatable bonds is 12. The van der Waals surface area contributed by atoms with E-state index in [2.05, 4.69) is 27.6 Å². The van der Waals surface area contributed by atoms with Crippen LogP contribution in [0.1, 0.15) is 12.0 Å². The highest BCUT2D eigenvalue weighted by Crippen LogP contribution is 2.13. The highest BCUT2D eigenvalue weighted by Gasteiger charge is 2.06. The largest absolute Gasteiger partial charge is 0.484 e. The van der Waals surface area contributed by atoms with E-state index < -0.39 is 0 Å². The van der Waals surface area contributed by atoms with Gasteiger partial charge in [-0.25, -0.2) is 0 Å². The van der Waals surface area contributed by atoms with Crippen LogP contribution in [-0.4, -0.2) is 89.8 Å². The summed E-state index contributed by atoms with van der Waals surface area (Å²) >= 11 is 0. The lowest BCUT2D eigenvalue weighted by atomic mass is 10.2. The molecule has 0 heterocycles. The molecule has 28 heavy (non-hydrogen) atoms. The monoisotopic (exact) mass is 393 g/mol. The third-order valence-electron chi connectivity index (χ3n) is 4.12. The summed E-state index contributed by atoms with van der Waals surface area (Å²) in [4.78, 5) is 19.7. The van der Waals surface area contributed by atoms with Crippen LogP contribution in [-0.2, 0) is 16.1 Å². The Labute approximate surface area is 168 Å². The standard InChI is InChI=1S/C20H35N5O3/c1-21-20(22-10-12-25(4)11-7-13-27-5)23-15-17-8-6-9-18(14-17)28-16-19(26)24(2)3/h6,8-9,14H,7,10-13,15-16H2,1-5H3,(H2,21,22,23). The number of guanidine groups is 1. The van der Waals surface area contributed by atoms with Gasteiger partial charge in [0.2, 0.25) is 0 Å². The number of amides is 1. The van der Waals surface area contributed by atoms with Crippen molar-refractivity contribution in [3.63, 3.8) is 0 Å².